The Morgan fingerprint density at radius 1 is 1.21 bits per heavy atom. The Morgan fingerprint density at radius 3 is 2.53 bits per heavy atom. The Hall–Kier alpha value is -2.56. The van der Waals surface area contributed by atoms with Crippen LogP contribution in [-0.2, 0) is 4.79 Å². The summed E-state index contributed by atoms with van der Waals surface area (Å²) in [5.41, 5.74) is 1.35. The van der Waals surface area contributed by atoms with Crippen LogP contribution in [0.3, 0.4) is 0 Å². The second-order valence-corrected chi connectivity index (χ2v) is 4.08. The smallest absolute Gasteiger partial charge is 0.330 e. The maximum atomic E-state index is 11.8. The van der Waals surface area contributed by atoms with Crippen LogP contribution in [0.25, 0.3) is 0 Å². The zero-order valence-corrected chi connectivity index (χ0v) is 10.3. The van der Waals surface area contributed by atoms with Gasteiger partial charge in [-0.05, 0) is 30.2 Å². The number of carbonyl (C=O) groups excluding carboxylic acids is 1. The lowest BCUT2D eigenvalue weighted by Gasteiger charge is -2.16. The molecule has 5 nitrogen and oxygen atoms in total. The van der Waals surface area contributed by atoms with Crippen molar-refractivity contribution in [2.24, 2.45) is 0 Å². The number of amides is 1. The summed E-state index contributed by atoms with van der Waals surface area (Å²) in [6, 6.07) is 8.97. The molecule has 2 rings (SSSR count). The average molecular weight is 259 g/mol. The molecule has 1 heterocycles. The molecule has 0 saturated carbocycles. The second-order valence-electron chi connectivity index (χ2n) is 4.08. The second kappa shape index (κ2) is 5.39. The highest BCUT2D eigenvalue weighted by Crippen LogP contribution is 2.18. The van der Waals surface area contributed by atoms with Crippen LogP contribution in [0.5, 0.6) is 0 Å². The molecule has 0 spiro atoms. The van der Waals surface area contributed by atoms with Gasteiger partial charge < -0.3 is 14.8 Å². The van der Waals surface area contributed by atoms with Crippen molar-refractivity contribution in [1.29, 1.82) is 0 Å². The van der Waals surface area contributed by atoms with E-state index < -0.39 is 17.9 Å². The molecule has 0 aliphatic carbocycles. The summed E-state index contributed by atoms with van der Waals surface area (Å²) in [7, 11) is 0. The van der Waals surface area contributed by atoms with Crippen molar-refractivity contribution < 1.29 is 19.1 Å². The van der Waals surface area contributed by atoms with Gasteiger partial charge in [-0.15, -0.1) is 0 Å². The van der Waals surface area contributed by atoms with E-state index in [1.165, 1.54) is 12.3 Å². The number of aryl methyl sites for hydroxylation is 1. The third-order valence-corrected chi connectivity index (χ3v) is 2.77. The summed E-state index contributed by atoms with van der Waals surface area (Å²) in [6.45, 7) is 1.80. The van der Waals surface area contributed by atoms with E-state index in [4.69, 9.17) is 4.42 Å². The number of nitrogens with one attached hydrogen (secondary N) is 1. The highest BCUT2D eigenvalue weighted by Gasteiger charge is 2.24. The zero-order valence-electron chi connectivity index (χ0n) is 10.3. The standard InChI is InChI=1S/C14H13NO4/c1-9-5-2-3-6-10(9)12(14(17)18)15-13(16)11-7-4-8-19-11/h2-8,12H,1H3,(H,15,16)(H,17,18). The van der Waals surface area contributed by atoms with Crippen molar-refractivity contribution in [3.63, 3.8) is 0 Å². The number of hydrogen-bond acceptors (Lipinski definition) is 3. The molecule has 0 radical (unpaired) electrons. The van der Waals surface area contributed by atoms with Gasteiger partial charge in [0, 0.05) is 0 Å². The Balaban J connectivity index is 2.25. The molecule has 1 atom stereocenters. The molecule has 2 aromatic rings. The molecule has 1 amide bonds. The predicted octanol–water partition coefficient (Wildman–Crippen LogP) is 2.14. The van der Waals surface area contributed by atoms with Gasteiger partial charge in [-0.25, -0.2) is 4.79 Å². The molecule has 0 bridgehead atoms. The Labute approximate surface area is 109 Å². The number of benzene rings is 1. The van der Waals surface area contributed by atoms with Crippen LogP contribution in [0.4, 0.5) is 0 Å². The van der Waals surface area contributed by atoms with Crippen molar-refractivity contribution in [2.45, 2.75) is 13.0 Å². The lowest BCUT2D eigenvalue weighted by molar-refractivity contribution is -0.139. The van der Waals surface area contributed by atoms with E-state index in [-0.39, 0.29) is 5.76 Å². The van der Waals surface area contributed by atoms with Crippen LogP contribution in [0.1, 0.15) is 27.7 Å². The number of carboxylic acid groups (broad SMARTS) is 1. The lowest BCUT2D eigenvalue weighted by atomic mass is 10.0. The number of carbonyl (C=O) groups is 2. The molecule has 0 saturated heterocycles. The number of rotatable bonds is 4. The third kappa shape index (κ3) is 2.82. The maximum Gasteiger partial charge on any atom is 0.330 e. The topological polar surface area (TPSA) is 79.5 Å². The molecule has 5 heteroatoms. The van der Waals surface area contributed by atoms with Gasteiger partial charge >= 0.3 is 5.97 Å². The van der Waals surface area contributed by atoms with E-state index in [1.54, 1.807) is 31.2 Å². The predicted molar refractivity (Wildman–Crippen MR) is 67.7 cm³/mol. The SMILES string of the molecule is Cc1ccccc1C(NC(=O)c1ccco1)C(=O)O. The van der Waals surface area contributed by atoms with Crippen molar-refractivity contribution in [3.05, 3.63) is 59.5 Å². The summed E-state index contributed by atoms with van der Waals surface area (Å²) in [4.78, 5) is 23.1. The molecule has 98 valence electrons. The van der Waals surface area contributed by atoms with Gasteiger partial charge in [-0.2, -0.15) is 0 Å². The Kier molecular flexibility index (Phi) is 3.66. The van der Waals surface area contributed by atoms with Crippen LogP contribution in [0, 0.1) is 6.92 Å². The number of furan rings is 1. The first-order chi connectivity index (χ1) is 9.09. The van der Waals surface area contributed by atoms with E-state index in [2.05, 4.69) is 5.32 Å². The molecular formula is C14H13NO4. The largest absolute Gasteiger partial charge is 0.479 e. The highest BCUT2D eigenvalue weighted by molar-refractivity contribution is 5.94. The van der Waals surface area contributed by atoms with Crippen LogP contribution in [0.15, 0.2) is 47.1 Å². The van der Waals surface area contributed by atoms with Crippen molar-refractivity contribution in [2.75, 3.05) is 0 Å². The fraction of sp³-hybridized carbons (Fsp3) is 0.143. The first-order valence-corrected chi connectivity index (χ1v) is 5.72. The van der Waals surface area contributed by atoms with Gasteiger partial charge in [-0.3, -0.25) is 4.79 Å². The molecule has 1 aromatic carbocycles. The van der Waals surface area contributed by atoms with Crippen molar-refractivity contribution in [3.8, 4) is 0 Å². The third-order valence-electron chi connectivity index (χ3n) is 2.77. The summed E-state index contributed by atoms with van der Waals surface area (Å²) in [6.07, 6.45) is 1.36. The first-order valence-electron chi connectivity index (χ1n) is 5.72. The maximum absolute atomic E-state index is 11.8. The first kappa shape index (κ1) is 12.9. The Morgan fingerprint density at radius 2 is 1.95 bits per heavy atom. The van der Waals surface area contributed by atoms with Crippen LogP contribution in [0.2, 0.25) is 0 Å². The molecular weight excluding hydrogens is 246 g/mol. The molecule has 2 N–H and O–H groups in total. The van der Waals surface area contributed by atoms with E-state index in [1.807, 2.05) is 6.07 Å². The zero-order chi connectivity index (χ0) is 13.8. The minimum atomic E-state index is -1.12. The van der Waals surface area contributed by atoms with Crippen LogP contribution < -0.4 is 5.32 Å². The van der Waals surface area contributed by atoms with Gasteiger partial charge in [0.2, 0.25) is 0 Å². The summed E-state index contributed by atoms with van der Waals surface area (Å²) in [5, 5.41) is 11.7. The van der Waals surface area contributed by atoms with Gasteiger partial charge in [0.05, 0.1) is 6.26 Å². The minimum absolute atomic E-state index is 0.0832. The quantitative estimate of drug-likeness (QED) is 0.881. The molecule has 19 heavy (non-hydrogen) atoms. The van der Waals surface area contributed by atoms with Gasteiger partial charge in [0.15, 0.2) is 11.8 Å². The number of carboxylic acids is 1. The van der Waals surface area contributed by atoms with Gasteiger partial charge in [0.25, 0.3) is 5.91 Å². The summed E-state index contributed by atoms with van der Waals surface area (Å²) in [5.74, 6) is -1.59. The fourth-order valence-corrected chi connectivity index (χ4v) is 1.79. The van der Waals surface area contributed by atoms with E-state index in [0.29, 0.717) is 5.56 Å². The molecule has 0 fully saturated rings. The van der Waals surface area contributed by atoms with Crippen molar-refractivity contribution >= 4 is 11.9 Å². The van der Waals surface area contributed by atoms with Crippen LogP contribution in [-0.4, -0.2) is 17.0 Å². The number of hydrogen-bond donors (Lipinski definition) is 2. The monoisotopic (exact) mass is 259 g/mol. The molecule has 0 aliphatic rings. The molecule has 1 unspecified atom stereocenters. The van der Waals surface area contributed by atoms with E-state index >= 15 is 0 Å². The van der Waals surface area contributed by atoms with E-state index in [0.717, 1.165) is 5.56 Å². The van der Waals surface area contributed by atoms with Gasteiger partial charge in [0.1, 0.15) is 0 Å². The summed E-state index contributed by atoms with van der Waals surface area (Å²) < 4.78 is 4.94. The lowest BCUT2D eigenvalue weighted by Crippen LogP contribution is -2.34. The van der Waals surface area contributed by atoms with Crippen molar-refractivity contribution in [1.82, 2.24) is 5.32 Å². The number of aliphatic carboxylic acids is 1. The van der Waals surface area contributed by atoms with E-state index in [9.17, 15) is 14.7 Å². The highest BCUT2D eigenvalue weighted by atomic mass is 16.4. The summed E-state index contributed by atoms with van der Waals surface area (Å²) >= 11 is 0. The molecule has 1 aromatic heterocycles. The average Bonchev–Trinajstić information content (AvgIpc) is 2.90. The van der Waals surface area contributed by atoms with Crippen LogP contribution >= 0.6 is 0 Å². The Bertz CT molecular complexity index is 589. The van der Waals surface area contributed by atoms with Gasteiger partial charge in [-0.1, -0.05) is 24.3 Å². The minimum Gasteiger partial charge on any atom is -0.479 e. The normalized spacial score (nSPS) is 11.8. The fourth-order valence-electron chi connectivity index (χ4n) is 1.79. The molecule has 0 aliphatic heterocycles.